The first-order valence-corrected chi connectivity index (χ1v) is 8.60. The molecule has 1 aliphatic rings. The summed E-state index contributed by atoms with van der Waals surface area (Å²) in [6.45, 7) is -1.02. The van der Waals surface area contributed by atoms with Gasteiger partial charge in [0.25, 0.3) is 0 Å². The molecule has 1 saturated heterocycles. The van der Waals surface area contributed by atoms with Crippen LogP contribution in [0.4, 0.5) is 31.1 Å². The van der Waals surface area contributed by atoms with Gasteiger partial charge in [0.1, 0.15) is 5.54 Å². The summed E-state index contributed by atoms with van der Waals surface area (Å²) in [6.07, 6.45) is -11.4. The minimum Gasteiger partial charge on any atom is -0.374 e. The molecular weight excluding hydrogens is 418 g/mol. The number of halogens is 6. The fraction of sp³-hybridized carbons (Fsp3) is 0.316. The number of hydrogen-bond acceptors (Lipinski definition) is 3. The lowest BCUT2D eigenvalue weighted by Crippen LogP contribution is -2.50. The van der Waals surface area contributed by atoms with Crippen molar-refractivity contribution in [1.82, 2.24) is 10.6 Å². The van der Waals surface area contributed by atoms with E-state index >= 15 is 0 Å². The summed E-state index contributed by atoms with van der Waals surface area (Å²) in [5, 5.41) is 15.0. The third kappa shape index (κ3) is 4.51. The number of carbonyl (C=O) groups excluding carboxylic acids is 1. The quantitative estimate of drug-likeness (QED) is 0.628. The molecule has 3 N–H and O–H groups in total. The lowest BCUT2D eigenvalue weighted by atomic mass is 9.90. The van der Waals surface area contributed by atoms with Crippen molar-refractivity contribution in [1.29, 1.82) is 0 Å². The fourth-order valence-electron chi connectivity index (χ4n) is 3.15. The highest BCUT2D eigenvalue weighted by Gasteiger charge is 2.47. The molecule has 30 heavy (non-hydrogen) atoms. The maximum atomic E-state index is 13.0. The highest BCUT2D eigenvalue weighted by atomic mass is 19.4. The molecule has 2 atom stereocenters. The summed E-state index contributed by atoms with van der Waals surface area (Å²) < 4.78 is 83.3. The molecule has 1 heterocycles. The lowest BCUT2D eigenvalue weighted by Gasteiger charge is -2.31. The number of carbonyl (C=O) groups is 1. The first kappa shape index (κ1) is 21.9. The van der Waals surface area contributed by atoms with Crippen LogP contribution in [0, 0.1) is 0 Å². The number of alkyl halides is 6. The van der Waals surface area contributed by atoms with Crippen LogP contribution in [0.1, 0.15) is 22.3 Å². The Bertz CT molecular complexity index is 884. The Morgan fingerprint density at radius 3 is 2.00 bits per heavy atom. The first-order chi connectivity index (χ1) is 13.9. The predicted molar refractivity (Wildman–Crippen MR) is 91.9 cm³/mol. The summed E-state index contributed by atoms with van der Waals surface area (Å²) in [5.74, 6) is 0. The number of amides is 2. The van der Waals surface area contributed by atoms with E-state index in [1.54, 1.807) is 30.3 Å². The van der Waals surface area contributed by atoms with Crippen LogP contribution in [0.5, 0.6) is 0 Å². The maximum absolute atomic E-state index is 13.0. The van der Waals surface area contributed by atoms with Crippen LogP contribution in [0.25, 0.3) is 0 Å². The van der Waals surface area contributed by atoms with Crippen molar-refractivity contribution in [2.45, 2.75) is 30.7 Å². The molecule has 0 unspecified atom stereocenters. The van der Waals surface area contributed by atoms with E-state index in [1.807, 2.05) is 0 Å². The Morgan fingerprint density at radius 1 is 0.967 bits per heavy atom. The van der Waals surface area contributed by atoms with Gasteiger partial charge in [-0.2, -0.15) is 26.3 Å². The van der Waals surface area contributed by atoms with Crippen molar-refractivity contribution in [3.8, 4) is 0 Å². The maximum Gasteiger partial charge on any atom is 0.416 e. The van der Waals surface area contributed by atoms with Crippen LogP contribution in [0.3, 0.4) is 0 Å². The van der Waals surface area contributed by atoms with Crippen molar-refractivity contribution >= 4 is 6.03 Å². The Balaban J connectivity index is 1.85. The molecule has 3 rings (SSSR count). The summed E-state index contributed by atoms with van der Waals surface area (Å²) >= 11 is 0. The van der Waals surface area contributed by atoms with E-state index in [0.717, 1.165) is 0 Å². The molecule has 1 aliphatic heterocycles. The Labute approximate surface area is 166 Å². The zero-order chi connectivity index (χ0) is 22.2. The average Bonchev–Trinajstić information content (AvgIpc) is 2.95. The number of aliphatic hydroxyl groups is 1. The Morgan fingerprint density at radius 2 is 1.53 bits per heavy atom. The van der Waals surface area contributed by atoms with E-state index in [4.69, 9.17) is 4.74 Å². The van der Waals surface area contributed by atoms with Crippen molar-refractivity contribution in [3.05, 3.63) is 70.8 Å². The van der Waals surface area contributed by atoms with E-state index < -0.39 is 54.5 Å². The third-order valence-corrected chi connectivity index (χ3v) is 4.61. The molecule has 162 valence electrons. The van der Waals surface area contributed by atoms with Gasteiger partial charge in [-0.1, -0.05) is 30.3 Å². The van der Waals surface area contributed by atoms with Crippen molar-refractivity contribution in [2.24, 2.45) is 0 Å². The van der Waals surface area contributed by atoms with E-state index in [1.165, 1.54) is 0 Å². The molecule has 2 amide bonds. The minimum atomic E-state index is -4.97. The van der Waals surface area contributed by atoms with Gasteiger partial charge in [-0.3, -0.25) is 0 Å². The van der Waals surface area contributed by atoms with Gasteiger partial charge in [-0.25, -0.2) is 4.79 Å². The zero-order valence-corrected chi connectivity index (χ0v) is 15.1. The summed E-state index contributed by atoms with van der Waals surface area (Å²) in [4.78, 5) is 11.7. The molecule has 0 bridgehead atoms. The number of benzene rings is 2. The molecular formula is C19H16F6N2O3. The van der Waals surface area contributed by atoms with E-state index in [9.17, 15) is 36.2 Å². The van der Waals surface area contributed by atoms with E-state index in [-0.39, 0.29) is 11.6 Å². The molecule has 0 aromatic heterocycles. The molecule has 0 radical (unpaired) electrons. The second kappa shape index (κ2) is 7.80. The smallest absolute Gasteiger partial charge is 0.374 e. The second-order valence-electron chi connectivity index (χ2n) is 6.75. The van der Waals surface area contributed by atoms with Gasteiger partial charge in [0, 0.05) is 0 Å². The molecule has 2 aromatic rings. The van der Waals surface area contributed by atoms with Crippen LogP contribution in [-0.2, 0) is 29.2 Å². The molecule has 0 spiro atoms. The van der Waals surface area contributed by atoms with Gasteiger partial charge in [-0.15, -0.1) is 0 Å². The van der Waals surface area contributed by atoms with Crippen LogP contribution in [0.2, 0.25) is 0 Å². The lowest BCUT2D eigenvalue weighted by molar-refractivity contribution is -0.143. The van der Waals surface area contributed by atoms with Gasteiger partial charge in [0.15, 0.2) is 6.23 Å². The van der Waals surface area contributed by atoms with Crippen LogP contribution in [0.15, 0.2) is 48.5 Å². The standard InChI is InChI=1S/C19H16F6N2O3/c20-18(21,22)13-6-11(7-14(8-13)19(23,24)25)9-30-10-17(12-4-2-1-3-5-12)15(28)26-16(29)27-17/h1-8,15,28H,9-10H2,(H2,26,27,29)/t15-,17-/m1/s1. The van der Waals surface area contributed by atoms with E-state index in [0.29, 0.717) is 17.7 Å². The summed E-state index contributed by atoms with van der Waals surface area (Å²) in [7, 11) is 0. The first-order valence-electron chi connectivity index (χ1n) is 8.60. The predicted octanol–water partition coefficient (Wildman–Crippen LogP) is 3.77. The van der Waals surface area contributed by atoms with Crippen molar-refractivity contribution < 1.29 is 41.0 Å². The summed E-state index contributed by atoms with van der Waals surface area (Å²) in [6, 6.07) is 8.59. The normalized spacial score (nSPS) is 22.0. The Hall–Kier alpha value is -2.79. The van der Waals surface area contributed by atoms with Crippen LogP contribution < -0.4 is 10.6 Å². The average molecular weight is 434 g/mol. The zero-order valence-electron chi connectivity index (χ0n) is 15.1. The topological polar surface area (TPSA) is 70.6 Å². The van der Waals surface area contributed by atoms with E-state index in [2.05, 4.69) is 10.6 Å². The van der Waals surface area contributed by atoms with Crippen LogP contribution >= 0.6 is 0 Å². The number of nitrogens with one attached hydrogen (secondary N) is 2. The van der Waals surface area contributed by atoms with Crippen LogP contribution in [-0.4, -0.2) is 24.0 Å². The summed E-state index contributed by atoms with van der Waals surface area (Å²) in [5.41, 5.74) is -4.29. The van der Waals surface area contributed by atoms with Crippen molar-refractivity contribution in [3.63, 3.8) is 0 Å². The highest BCUT2D eigenvalue weighted by molar-refractivity contribution is 5.78. The molecule has 5 nitrogen and oxygen atoms in total. The van der Waals surface area contributed by atoms with Gasteiger partial charge in [0.05, 0.1) is 24.3 Å². The number of ether oxygens (including phenoxy) is 1. The SMILES string of the molecule is O=C1N[C@H](O)[C@@](COCc2cc(C(F)(F)F)cc(C(F)(F)F)c2)(c2ccccc2)N1. The Kier molecular flexibility index (Phi) is 5.70. The molecule has 1 fully saturated rings. The van der Waals surface area contributed by atoms with Crippen molar-refractivity contribution in [2.75, 3.05) is 6.61 Å². The number of aliphatic hydroxyl groups excluding tert-OH is 1. The van der Waals surface area contributed by atoms with Gasteiger partial charge in [-0.05, 0) is 29.3 Å². The highest BCUT2D eigenvalue weighted by Crippen LogP contribution is 2.36. The molecule has 0 aliphatic carbocycles. The second-order valence-corrected chi connectivity index (χ2v) is 6.75. The van der Waals surface area contributed by atoms with Gasteiger partial charge in [0.2, 0.25) is 0 Å². The molecule has 11 heteroatoms. The number of hydrogen-bond donors (Lipinski definition) is 3. The third-order valence-electron chi connectivity index (χ3n) is 4.61. The number of urea groups is 1. The fourth-order valence-corrected chi connectivity index (χ4v) is 3.15. The largest absolute Gasteiger partial charge is 0.416 e. The van der Waals surface area contributed by atoms with Gasteiger partial charge < -0.3 is 20.5 Å². The monoisotopic (exact) mass is 434 g/mol. The number of rotatable bonds is 5. The minimum absolute atomic E-state index is 0.0276. The molecule has 0 saturated carbocycles. The molecule has 2 aromatic carbocycles. The van der Waals surface area contributed by atoms with Gasteiger partial charge >= 0.3 is 18.4 Å².